The Kier molecular flexibility index (Phi) is 5.33. The van der Waals surface area contributed by atoms with Crippen molar-refractivity contribution in [2.45, 2.75) is 64.3 Å². The van der Waals surface area contributed by atoms with Crippen LogP contribution in [0.5, 0.6) is 0 Å². The second-order valence-corrected chi connectivity index (χ2v) is 10.4. The van der Waals surface area contributed by atoms with E-state index in [1.54, 1.807) is 6.20 Å². The van der Waals surface area contributed by atoms with Gasteiger partial charge in [0.05, 0.1) is 24.3 Å². The molecule has 3 aromatic rings. The molecule has 4 heterocycles. The van der Waals surface area contributed by atoms with Crippen molar-refractivity contribution in [1.29, 1.82) is 0 Å². The van der Waals surface area contributed by atoms with E-state index in [9.17, 15) is 9.90 Å². The third-order valence-corrected chi connectivity index (χ3v) is 6.85. The van der Waals surface area contributed by atoms with E-state index >= 15 is 0 Å². The van der Waals surface area contributed by atoms with Crippen molar-refractivity contribution in [3.8, 4) is 10.6 Å². The SMILES string of the molecule is CC(C)(C)OC(=O)N1C2CCCC1CN(c1nc3c(CO)ccc(-c4nccs4)c3o1)C2. The highest BCUT2D eigenvalue weighted by Gasteiger charge is 2.43. The first kappa shape index (κ1) is 21.2. The lowest BCUT2D eigenvalue weighted by Crippen LogP contribution is -2.63. The molecule has 0 aliphatic carbocycles. The fourth-order valence-corrected chi connectivity index (χ4v) is 5.37. The minimum Gasteiger partial charge on any atom is -0.444 e. The van der Waals surface area contributed by atoms with E-state index in [1.165, 1.54) is 11.3 Å². The summed E-state index contributed by atoms with van der Waals surface area (Å²) in [4.78, 5) is 26.1. The van der Waals surface area contributed by atoms with Gasteiger partial charge in [0, 0.05) is 30.2 Å². The van der Waals surface area contributed by atoms with Crippen molar-refractivity contribution in [1.82, 2.24) is 14.9 Å². The van der Waals surface area contributed by atoms with Crippen molar-refractivity contribution in [3.63, 3.8) is 0 Å². The molecule has 2 unspecified atom stereocenters. The van der Waals surface area contributed by atoms with Crippen molar-refractivity contribution >= 4 is 34.5 Å². The zero-order valence-corrected chi connectivity index (χ0v) is 19.4. The van der Waals surface area contributed by atoms with Crippen LogP contribution in [0.4, 0.5) is 10.8 Å². The molecule has 2 bridgehead atoms. The van der Waals surface area contributed by atoms with Gasteiger partial charge in [-0.15, -0.1) is 11.3 Å². The maximum absolute atomic E-state index is 12.9. The minimum atomic E-state index is -0.518. The molecule has 1 aromatic carbocycles. The summed E-state index contributed by atoms with van der Waals surface area (Å²) in [5.74, 6) is 0. The van der Waals surface area contributed by atoms with Gasteiger partial charge < -0.3 is 19.2 Å². The number of hydrogen-bond acceptors (Lipinski definition) is 8. The van der Waals surface area contributed by atoms with Crippen molar-refractivity contribution in [3.05, 3.63) is 29.3 Å². The van der Waals surface area contributed by atoms with Gasteiger partial charge in [-0.1, -0.05) is 6.07 Å². The molecule has 0 spiro atoms. The summed E-state index contributed by atoms with van der Waals surface area (Å²) in [7, 11) is 0. The molecule has 1 N–H and O–H groups in total. The number of amides is 1. The lowest BCUT2D eigenvalue weighted by molar-refractivity contribution is -0.0102. The number of carbonyl (C=O) groups excluding carboxylic acids is 1. The average Bonchev–Trinajstić information content (AvgIpc) is 3.41. The molecular formula is C23H28N4O4S. The van der Waals surface area contributed by atoms with E-state index in [2.05, 4.69) is 9.88 Å². The Hall–Kier alpha value is -2.65. The van der Waals surface area contributed by atoms with Gasteiger partial charge in [-0.3, -0.25) is 4.90 Å². The molecule has 2 aliphatic heterocycles. The Bertz CT molecular complexity index is 1110. The van der Waals surface area contributed by atoms with Gasteiger partial charge >= 0.3 is 6.09 Å². The number of benzene rings is 1. The smallest absolute Gasteiger partial charge is 0.410 e. The van der Waals surface area contributed by atoms with Crippen molar-refractivity contribution in [2.75, 3.05) is 18.0 Å². The van der Waals surface area contributed by atoms with Gasteiger partial charge in [0.2, 0.25) is 0 Å². The highest BCUT2D eigenvalue weighted by molar-refractivity contribution is 7.13. The first-order valence-corrected chi connectivity index (χ1v) is 11.9. The van der Waals surface area contributed by atoms with E-state index < -0.39 is 5.60 Å². The molecule has 2 saturated heterocycles. The van der Waals surface area contributed by atoms with Crippen LogP contribution in [0.3, 0.4) is 0 Å². The molecule has 2 atom stereocenters. The van der Waals surface area contributed by atoms with E-state index in [0.29, 0.717) is 30.2 Å². The Morgan fingerprint density at radius 2 is 2.03 bits per heavy atom. The van der Waals surface area contributed by atoms with Crippen LogP contribution in [0.25, 0.3) is 21.7 Å². The number of aliphatic hydroxyl groups excluding tert-OH is 1. The average molecular weight is 457 g/mol. The molecule has 32 heavy (non-hydrogen) atoms. The molecular weight excluding hydrogens is 428 g/mol. The molecule has 170 valence electrons. The van der Waals surface area contributed by atoms with Gasteiger partial charge in [0.15, 0.2) is 5.58 Å². The fraction of sp³-hybridized carbons (Fsp3) is 0.522. The molecule has 8 nitrogen and oxygen atoms in total. The number of carbonyl (C=O) groups is 1. The summed E-state index contributed by atoms with van der Waals surface area (Å²) in [6.45, 7) is 6.86. The summed E-state index contributed by atoms with van der Waals surface area (Å²) in [6, 6.07) is 4.45. The number of anilines is 1. The van der Waals surface area contributed by atoms with Gasteiger partial charge in [0.1, 0.15) is 16.1 Å². The van der Waals surface area contributed by atoms with E-state index in [4.69, 9.17) is 14.1 Å². The third-order valence-electron chi connectivity index (χ3n) is 6.05. The minimum absolute atomic E-state index is 0.0584. The maximum Gasteiger partial charge on any atom is 0.410 e. The number of oxazole rings is 1. The lowest BCUT2D eigenvalue weighted by atomic mass is 9.92. The Morgan fingerprint density at radius 3 is 2.66 bits per heavy atom. The molecule has 9 heteroatoms. The number of nitrogens with zero attached hydrogens (tertiary/aromatic N) is 4. The maximum atomic E-state index is 12.9. The molecule has 2 fully saturated rings. The van der Waals surface area contributed by atoms with Crippen LogP contribution in [0.2, 0.25) is 0 Å². The molecule has 5 rings (SSSR count). The number of piperazine rings is 1. The van der Waals surface area contributed by atoms with Crippen LogP contribution in [0.1, 0.15) is 45.6 Å². The Morgan fingerprint density at radius 1 is 1.28 bits per heavy atom. The van der Waals surface area contributed by atoms with Crippen LogP contribution in [-0.4, -0.2) is 56.8 Å². The van der Waals surface area contributed by atoms with Crippen LogP contribution in [0.15, 0.2) is 28.1 Å². The second-order valence-electron chi connectivity index (χ2n) is 9.47. The first-order chi connectivity index (χ1) is 15.3. The Labute approximate surface area is 190 Å². The van der Waals surface area contributed by atoms with Gasteiger partial charge in [-0.05, 0) is 46.1 Å². The summed E-state index contributed by atoms with van der Waals surface area (Å²) in [5, 5.41) is 12.6. The first-order valence-electron chi connectivity index (χ1n) is 11.0. The molecule has 2 aromatic heterocycles. The Balaban J connectivity index is 1.47. The van der Waals surface area contributed by atoms with Crippen LogP contribution in [0, 0.1) is 0 Å². The predicted molar refractivity (Wildman–Crippen MR) is 123 cm³/mol. The molecule has 2 aliphatic rings. The zero-order valence-electron chi connectivity index (χ0n) is 18.6. The highest BCUT2D eigenvalue weighted by Crippen LogP contribution is 2.37. The summed E-state index contributed by atoms with van der Waals surface area (Å²) < 4.78 is 12.0. The molecule has 0 saturated carbocycles. The summed E-state index contributed by atoms with van der Waals surface area (Å²) in [6.07, 6.45) is 4.48. The third kappa shape index (κ3) is 3.84. The second kappa shape index (κ2) is 8.04. The number of ether oxygens (including phenoxy) is 1. The number of rotatable bonds is 3. The standard InChI is InChI=1S/C23H28N4O4S/c1-23(2,3)31-22(29)27-15-5-4-6-16(27)12-26(11-15)21-25-18-14(13-28)7-8-17(19(18)30-21)20-24-9-10-32-20/h7-10,15-16,28H,4-6,11-13H2,1-3H3. The quantitative estimate of drug-likeness (QED) is 0.624. The zero-order chi connectivity index (χ0) is 22.5. The van der Waals surface area contributed by atoms with Crippen LogP contribution >= 0.6 is 11.3 Å². The number of thiazole rings is 1. The largest absolute Gasteiger partial charge is 0.444 e. The topological polar surface area (TPSA) is 91.9 Å². The predicted octanol–water partition coefficient (Wildman–Crippen LogP) is 4.42. The number of aliphatic hydroxyl groups is 1. The number of aromatic nitrogens is 2. The van der Waals surface area contributed by atoms with E-state index in [0.717, 1.165) is 35.4 Å². The van der Waals surface area contributed by atoms with Gasteiger partial charge in [-0.2, -0.15) is 4.98 Å². The van der Waals surface area contributed by atoms with Crippen molar-refractivity contribution in [2.24, 2.45) is 0 Å². The van der Waals surface area contributed by atoms with Gasteiger partial charge in [-0.25, -0.2) is 9.78 Å². The number of piperidine rings is 1. The van der Waals surface area contributed by atoms with E-state index in [1.807, 2.05) is 43.2 Å². The molecule has 1 amide bonds. The highest BCUT2D eigenvalue weighted by atomic mass is 32.1. The fourth-order valence-electron chi connectivity index (χ4n) is 4.71. The van der Waals surface area contributed by atoms with Gasteiger partial charge in [0.25, 0.3) is 6.01 Å². The normalized spacial score (nSPS) is 21.2. The van der Waals surface area contributed by atoms with Crippen LogP contribution < -0.4 is 4.90 Å². The molecule has 0 radical (unpaired) electrons. The van der Waals surface area contributed by atoms with Crippen molar-refractivity contribution < 1.29 is 19.1 Å². The summed E-state index contributed by atoms with van der Waals surface area (Å²) >= 11 is 1.54. The summed E-state index contributed by atoms with van der Waals surface area (Å²) in [5.41, 5.74) is 2.38. The van der Waals surface area contributed by atoms with Crippen LogP contribution in [-0.2, 0) is 11.3 Å². The number of fused-ring (bicyclic) bond motifs is 3. The van der Waals surface area contributed by atoms with E-state index in [-0.39, 0.29) is 24.8 Å². The lowest BCUT2D eigenvalue weighted by Gasteiger charge is -2.49. The number of hydrogen-bond donors (Lipinski definition) is 1. The monoisotopic (exact) mass is 456 g/mol.